The Kier molecular flexibility index (Phi) is 11.1. The Morgan fingerprint density at radius 3 is 1.94 bits per heavy atom. The number of hydrogen-bond acceptors (Lipinski definition) is 7. The van der Waals surface area contributed by atoms with Crippen LogP contribution in [0.15, 0.2) is 59.5 Å². The van der Waals surface area contributed by atoms with Crippen LogP contribution in [-0.4, -0.2) is 71.8 Å². The molecule has 0 aliphatic carbocycles. The molecular weight excluding hydrogens is 525 g/mol. The molecule has 9 nitrogen and oxygen atoms in total. The Morgan fingerprint density at radius 1 is 1.00 bits per heavy atom. The molecule has 0 saturated carbocycles. The fourth-order valence-electron chi connectivity index (χ4n) is 2.91. The standard InChI is InChI=1S/C21H26F3N2O4S.CH4O3S/c1-26(2,3)14-18(13-20(27)30-15-16-7-5-4-6-8-16)25-31(28,29)19-11-9-17(10-12-19)21(22,23)24;1-5(2,3)4/h4-12,18,25H,13-15H2,1-3H3;1H3,(H,2,3,4)/q+1;/p-1/t18-;/m1./s1. The van der Waals surface area contributed by atoms with E-state index in [0.717, 1.165) is 17.7 Å². The molecule has 0 unspecified atom stereocenters. The number of nitrogens with one attached hydrogen (secondary N) is 1. The van der Waals surface area contributed by atoms with Crippen molar-refractivity contribution in [3.05, 3.63) is 65.7 Å². The minimum Gasteiger partial charge on any atom is -0.748 e. The minimum absolute atomic E-state index is 0.0580. The van der Waals surface area contributed by atoms with Crippen molar-refractivity contribution in [2.24, 2.45) is 0 Å². The highest BCUT2D eigenvalue weighted by molar-refractivity contribution is 7.89. The molecule has 1 N–H and O–H groups in total. The first-order valence-electron chi connectivity index (χ1n) is 10.4. The topological polar surface area (TPSA) is 130 Å². The van der Waals surface area contributed by atoms with Crippen LogP contribution in [0.25, 0.3) is 0 Å². The zero-order chi connectivity index (χ0) is 27.8. The van der Waals surface area contributed by atoms with Gasteiger partial charge in [0.15, 0.2) is 0 Å². The molecule has 0 fully saturated rings. The Morgan fingerprint density at radius 2 is 1.50 bits per heavy atom. The van der Waals surface area contributed by atoms with Gasteiger partial charge in [0, 0.05) is 6.26 Å². The van der Waals surface area contributed by atoms with Crippen LogP contribution in [0, 0.1) is 0 Å². The van der Waals surface area contributed by atoms with Crippen molar-refractivity contribution >= 4 is 26.1 Å². The number of carbonyl (C=O) groups excluding carboxylic acids is 1. The highest BCUT2D eigenvalue weighted by Gasteiger charge is 2.32. The molecule has 0 amide bonds. The summed E-state index contributed by atoms with van der Waals surface area (Å²) in [7, 11) is -2.57. The van der Waals surface area contributed by atoms with E-state index in [0.29, 0.717) is 22.9 Å². The summed E-state index contributed by atoms with van der Waals surface area (Å²) < 4.78 is 98.8. The Hall–Kier alpha value is -2.52. The normalized spacial score (nSPS) is 13.3. The smallest absolute Gasteiger partial charge is 0.416 e. The first-order valence-corrected chi connectivity index (χ1v) is 13.7. The molecule has 0 aromatic heterocycles. The number of quaternary nitrogens is 1. The van der Waals surface area contributed by atoms with Crippen LogP contribution in [0.4, 0.5) is 13.2 Å². The molecule has 0 aliphatic heterocycles. The first-order chi connectivity index (χ1) is 16.3. The van der Waals surface area contributed by atoms with Crippen LogP contribution in [0.2, 0.25) is 0 Å². The maximum Gasteiger partial charge on any atom is 0.416 e. The van der Waals surface area contributed by atoms with Gasteiger partial charge in [-0.3, -0.25) is 4.79 Å². The summed E-state index contributed by atoms with van der Waals surface area (Å²) in [5, 5.41) is 0. The summed E-state index contributed by atoms with van der Waals surface area (Å²) in [5.74, 6) is -0.586. The van der Waals surface area contributed by atoms with Gasteiger partial charge in [-0.2, -0.15) is 13.2 Å². The third-order valence-corrected chi connectivity index (χ3v) is 5.77. The van der Waals surface area contributed by atoms with E-state index in [1.54, 1.807) is 24.3 Å². The molecule has 0 radical (unpaired) electrons. The highest BCUT2D eigenvalue weighted by Crippen LogP contribution is 2.29. The number of halogens is 3. The Bertz CT molecular complexity index is 1190. The molecule has 2 rings (SSSR count). The number of ether oxygens (including phenoxy) is 1. The summed E-state index contributed by atoms with van der Waals surface area (Å²) in [5.41, 5.74) is -0.150. The number of likely N-dealkylation sites (N-methyl/N-ethyl adjacent to an activating group) is 1. The Balaban J connectivity index is 0.00000118. The molecule has 0 aliphatic rings. The van der Waals surface area contributed by atoms with Crippen molar-refractivity contribution in [2.45, 2.75) is 30.1 Å². The number of rotatable bonds is 9. The van der Waals surface area contributed by atoms with E-state index in [4.69, 9.17) is 17.7 Å². The average molecular weight is 555 g/mol. The van der Waals surface area contributed by atoms with Crippen molar-refractivity contribution in [2.75, 3.05) is 33.9 Å². The quantitative estimate of drug-likeness (QED) is 0.286. The predicted octanol–water partition coefficient (Wildman–Crippen LogP) is 2.35. The number of nitrogens with zero attached hydrogens (tertiary/aromatic N) is 1. The van der Waals surface area contributed by atoms with Gasteiger partial charge in [0.25, 0.3) is 0 Å². The van der Waals surface area contributed by atoms with Crippen molar-refractivity contribution in [3.8, 4) is 0 Å². The van der Waals surface area contributed by atoms with Gasteiger partial charge in [0.05, 0.1) is 60.7 Å². The monoisotopic (exact) mass is 554 g/mol. The van der Waals surface area contributed by atoms with Crippen molar-refractivity contribution in [3.63, 3.8) is 0 Å². The van der Waals surface area contributed by atoms with E-state index in [2.05, 4.69) is 4.72 Å². The fraction of sp³-hybridized carbons (Fsp3) is 0.409. The number of hydrogen-bond donors (Lipinski definition) is 1. The van der Waals surface area contributed by atoms with Gasteiger partial charge in [0.1, 0.15) is 6.61 Å². The molecule has 2 aromatic rings. The van der Waals surface area contributed by atoms with Crippen LogP contribution in [-0.2, 0) is 42.5 Å². The molecule has 36 heavy (non-hydrogen) atoms. The second-order valence-corrected chi connectivity index (χ2v) is 12.0. The van der Waals surface area contributed by atoms with Crippen molar-refractivity contribution in [1.29, 1.82) is 0 Å². The van der Waals surface area contributed by atoms with E-state index in [1.165, 1.54) is 0 Å². The lowest BCUT2D eigenvalue weighted by Gasteiger charge is -2.29. The summed E-state index contributed by atoms with van der Waals surface area (Å²) in [4.78, 5) is 12.0. The largest absolute Gasteiger partial charge is 0.748 e. The molecule has 1 atom stereocenters. The van der Waals surface area contributed by atoms with E-state index in [9.17, 15) is 26.4 Å². The van der Waals surface area contributed by atoms with E-state index in [-0.39, 0.29) is 24.5 Å². The lowest BCUT2D eigenvalue weighted by atomic mass is 10.2. The molecule has 0 saturated heterocycles. The lowest BCUT2D eigenvalue weighted by molar-refractivity contribution is -0.871. The molecule has 2 aromatic carbocycles. The van der Waals surface area contributed by atoms with Crippen LogP contribution in [0.1, 0.15) is 17.5 Å². The number of alkyl halides is 3. The Labute approximate surface area is 209 Å². The van der Waals surface area contributed by atoms with Gasteiger partial charge in [-0.15, -0.1) is 0 Å². The van der Waals surface area contributed by atoms with Gasteiger partial charge in [0.2, 0.25) is 10.0 Å². The number of esters is 1. The van der Waals surface area contributed by atoms with Crippen LogP contribution >= 0.6 is 0 Å². The van der Waals surface area contributed by atoms with Gasteiger partial charge in [-0.05, 0) is 29.8 Å². The van der Waals surface area contributed by atoms with Crippen LogP contribution in [0.3, 0.4) is 0 Å². The lowest BCUT2D eigenvalue weighted by Crippen LogP contribution is -2.49. The first kappa shape index (κ1) is 31.5. The second-order valence-electron chi connectivity index (χ2n) is 8.87. The van der Waals surface area contributed by atoms with Crippen LogP contribution < -0.4 is 4.72 Å². The highest BCUT2D eigenvalue weighted by atomic mass is 32.2. The van der Waals surface area contributed by atoms with E-state index < -0.39 is 43.9 Å². The molecule has 14 heteroatoms. The minimum atomic E-state index is -4.56. The second kappa shape index (κ2) is 12.6. The van der Waals surface area contributed by atoms with Crippen LogP contribution in [0.5, 0.6) is 0 Å². The van der Waals surface area contributed by atoms with E-state index in [1.807, 2.05) is 27.2 Å². The number of benzene rings is 2. The molecule has 0 bridgehead atoms. The van der Waals surface area contributed by atoms with Gasteiger partial charge in [-0.1, -0.05) is 30.3 Å². The third kappa shape index (κ3) is 13.5. The fourth-order valence-corrected chi connectivity index (χ4v) is 4.14. The zero-order valence-corrected chi connectivity index (χ0v) is 21.8. The summed E-state index contributed by atoms with van der Waals surface area (Å²) >= 11 is 0. The van der Waals surface area contributed by atoms with E-state index >= 15 is 0 Å². The molecule has 0 heterocycles. The summed E-state index contributed by atoms with van der Waals surface area (Å²) in [6, 6.07) is 11.4. The number of carbonyl (C=O) groups is 1. The van der Waals surface area contributed by atoms with Gasteiger partial charge >= 0.3 is 12.1 Å². The average Bonchev–Trinajstić information content (AvgIpc) is 2.70. The molecule has 0 spiro atoms. The summed E-state index contributed by atoms with van der Waals surface area (Å²) in [6.07, 6.45) is -4.18. The maximum absolute atomic E-state index is 12.7. The molecule has 202 valence electrons. The SMILES string of the molecule is CS(=O)(=O)[O-].C[N+](C)(C)C[C@@H](CC(=O)OCc1ccccc1)NS(=O)(=O)c1ccc(C(F)(F)F)cc1. The predicted molar refractivity (Wildman–Crippen MR) is 125 cm³/mol. The van der Waals surface area contributed by atoms with Crippen molar-refractivity contribution in [1.82, 2.24) is 4.72 Å². The number of sulfonamides is 1. The van der Waals surface area contributed by atoms with Crippen molar-refractivity contribution < 1.29 is 48.6 Å². The summed E-state index contributed by atoms with van der Waals surface area (Å²) in [6.45, 7) is 0.322. The molecular formula is C22H29F3N2O7S2. The third-order valence-electron chi connectivity index (χ3n) is 4.24. The zero-order valence-electron chi connectivity index (χ0n) is 20.2. The van der Waals surface area contributed by atoms with Gasteiger partial charge < -0.3 is 13.8 Å². The van der Waals surface area contributed by atoms with Gasteiger partial charge in [-0.25, -0.2) is 21.6 Å². The maximum atomic E-state index is 12.7.